The topological polar surface area (TPSA) is 57.0 Å². The number of rotatable bonds is 2. The summed E-state index contributed by atoms with van der Waals surface area (Å²) < 4.78 is 7.22. The van der Waals surface area contributed by atoms with E-state index in [9.17, 15) is 0 Å². The van der Waals surface area contributed by atoms with Crippen LogP contribution in [0.25, 0.3) is 11.1 Å². The van der Waals surface area contributed by atoms with Crippen LogP contribution in [0.5, 0.6) is 0 Å². The van der Waals surface area contributed by atoms with Crippen LogP contribution in [-0.4, -0.2) is 9.78 Å². The highest BCUT2D eigenvalue weighted by molar-refractivity contribution is 5.68. The molecule has 0 unspecified atom stereocenters. The third-order valence-electron chi connectivity index (χ3n) is 2.76. The average Bonchev–Trinajstić information content (AvgIpc) is 2.81. The lowest BCUT2D eigenvalue weighted by Crippen LogP contribution is -2.14. The van der Waals surface area contributed by atoms with Crippen molar-refractivity contribution in [1.29, 1.82) is 0 Å². The number of hydrogen-bond acceptors (Lipinski definition) is 3. The largest absolute Gasteiger partial charge is 0.467 e. The molecule has 0 amide bonds. The van der Waals surface area contributed by atoms with Gasteiger partial charge in [-0.15, -0.1) is 0 Å². The van der Waals surface area contributed by atoms with Gasteiger partial charge in [0.2, 0.25) is 0 Å². The van der Waals surface area contributed by atoms with Crippen molar-refractivity contribution >= 4 is 0 Å². The molecule has 0 aliphatic carbocycles. The molecule has 4 nitrogen and oxygen atoms in total. The first-order valence-corrected chi connectivity index (χ1v) is 5.74. The fraction of sp³-hybridized carbons (Fsp3) is 0.462. The molecule has 2 N–H and O–H groups in total. The van der Waals surface area contributed by atoms with E-state index in [1.165, 1.54) is 0 Å². The smallest absolute Gasteiger partial charge is 0.125 e. The molecule has 0 bridgehead atoms. The molecule has 2 rings (SSSR count). The van der Waals surface area contributed by atoms with Crippen LogP contribution in [0.3, 0.4) is 0 Å². The SMILES string of the molecule is Cn1cc(-c2ccoc2CN)c(C(C)(C)C)n1. The molecule has 0 aromatic carbocycles. The van der Waals surface area contributed by atoms with E-state index in [2.05, 4.69) is 25.9 Å². The average molecular weight is 233 g/mol. The predicted octanol–water partition coefficient (Wildman–Crippen LogP) is 2.44. The number of furan rings is 1. The molecule has 4 heteroatoms. The lowest BCUT2D eigenvalue weighted by molar-refractivity contribution is 0.513. The van der Waals surface area contributed by atoms with Gasteiger partial charge in [-0.3, -0.25) is 4.68 Å². The Morgan fingerprint density at radius 2 is 2.06 bits per heavy atom. The van der Waals surface area contributed by atoms with Gasteiger partial charge in [0.1, 0.15) is 5.76 Å². The maximum atomic E-state index is 5.68. The molecular weight excluding hydrogens is 214 g/mol. The monoisotopic (exact) mass is 233 g/mol. The van der Waals surface area contributed by atoms with Gasteiger partial charge in [-0.1, -0.05) is 20.8 Å². The van der Waals surface area contributed by atoms with Gasteiger partial charge < -0.3 is 10.2 Å². The maximum Gasteiger partial charge on any atom is 0.125 e. The van der Waals surface area contributed by atoms with Crippen molar-refractivity contribution in [2.24, 2.45) is 12.8 Å². The second kappa shape index (κ2) is 4.04. The van der Waals surface area contributed by atoms with Gasteiger partial charge >= 0.3 is 0 Å². The van der Waals surface area contributed by atoms with Crippen molar-refractivity contribution < 1.29 is 4.42 Å². The zero-order valence-corrected chi connectivity index (χ0v) is 10.8. The second-order valence-electron chi connectivity index (χ2n) is 5.28. The first-order chi connectivity index (χ1) is 7.93. The van der Waals surface area contributed by atoms with Crippen molar-refractivity contribution in [1.82, 2.24) is 9.78 Å². The Bertz CT molecular complexity index is 517. The van der Waals surface area contributed by atoms with Gasteiger partial charge in [-0.25, -0.2) is 0 Å². The van der Waals surface area contributed by atoms with Gasteiger partial charge in [0, 0.05) is 29.8 Å². The third-order valence-corrected chi connectivity index (χ3v) is 2.76. The van der Waals surface area contributed by atoms with E-state index in [0.717, 1.165) is 22.6 Å². The lowest BCUT2D eigenvalue weighted by atomic mass is 9.87. The molecule has 92 valence electrons. The zero-order valence-electron chi connectivity index (χ0n) is 10.8. The molecule has 0 radical (unpaired) electrons. The van der Waals surface area contributed by atoms with Gasteiger partial charge in [0.25, 0.3) is 0 Å². The minimum absolute atomic E-state index is 0.000266. The molecular formula is C13H19N3O. The number of aromatic nitrogens is 2. The van der Waals surface area contributed by atoms with Crippen molar-refractivity contribution in [3.8, 4) is 11.1 Å². The Morgan fingerprint density at radius 1 is 1.35 bits per heavy atom. The van der Waals surface area contributed by atoms with E-state index in [0.29, 0.717) is 6.54 Å². The summed E-state index contributed by atoms with van der Waals surface area (Å²) in [5, 5.41) is 4.55. The summed E-state index contributed by atoms with van der Waals surface area (Å²) in [7, 11) is 1.93. The Kier molecular flexibility index (Phi) is 2.83. The van der Waals surface area contributed by atoms with Crippen LogP contribution in [0.4, 0.5) is 0 Å². The predicted molar refractivity (Wildman–Crippen MR) is 67.5 cm³/mol. The van der Waals surface area contributed by atoms with Gasteiger partial charge in [-0.05, 0) is 6.07 Å². The quantitative estimate of drug-likeness (QED) is 0.866. The lowest BCUT2D eigenvalue weighted by Gasteiger charge is -2.17. The minimum atomic E-state index is -0.000266. The summed E-state index contributed by atoms with van der Waals surface area (Å²) in [6, 6.07) is 1.95. The van der Waals surface area contributed by atoms with Gasteiger partial charge in [0.15, 0.2) is 0 Å². The van der Waals surface area contributed by atoms with Gasteiger partial charge in [-0.2, -0.15) is 5.10 Å². The fourth-order valence-corrected chi connectivity index (χ4v) is 1.98. The van der Waals surface area contributed by atoms with Crippen molar-refractivity contribution in [3.63, 3.8) is 0 Å². The summed E-state index contributed by atoms with van der Waals surface area (Å²) in [5.74, 6) is 0.809. The first kappa shape index (κ1) is 11.9. The maximum absolute atomic E-state index is 5.68. The molecule has 2 aromatic rings. The van der Waals surface area contributed by atoms with E-state index in [1.807, 2.05) is 24.0 Å². The number of nitrogens with two attached hydrogens (primary N) is 1. The number of aryl methyl sites for hydroxylation is 1. The molecule has 0 aliphatic rings. The summed E-state index contributed by atoms with van der Waals surface area (Å²) in [6.07, 6.45) is 3.70. The Hall–Kier alpha value is -1.55. The van der Waals surface area contributed by atoms with E-state index in [4.69, 9.17) is 10.2 Å². The summed E-state index contributed by atoms with van der Waals surface area (Å²) in [4.78, 5) is 0. The van der Waals surface area contributed by atoms with Crippen LogP contribution in [0.15, 0.2) is 22.9 Å². The first-order valence-electron chi connectivity index (χ1n) is 5.74. The molecule has 0 saturated heterocycles. The van der Waals surface area contributed by atoms with E-state index >= 15 is 0 Å². The number of nitrogens with zero attached hydrogens (tertiary/aromatic N) is 2. The van der Waals surface area contributed by atoms with E-state index < -0.39 is 0 Å². The van der Waals surface area contributed by atoms with Crippen LogP contribution in [0, 0.1) is 0 Å². The minimum Gasteiger partial charge on any atom is -0.467 e. The summed E-state index contributed by atoms with van der Waals surface area (Å²) in [5.41, 5.74) is 8.90. The normalized spacial score (nSPS) is 12.1. The Morgan fingerprint density at radius 3 is 2.65 bits per heavy atom. The van der Waals surface area contributed by atoms with Gasteiger partial charge in [0.05, 0.1) is 18.5 Å². The van der Waals surface area contributed by atoms with Crippen LogP contribution >= 0.6 is 0 Å². The van der Waals surface area contributed by atoms with E-state index in [1.54, 1.807) is 6.26 Å². The van der Waals surface area contributed by atoms with Crippen LogP contribution < -0.4 is 5.73 Å². The second-order valence-corrected chi connectivity index (χ2v) is 5.28. The zero-order chi connectivity index (χ0) is 12.6. The van der Waals surface area contributed by atoms with Crippen molar-refractivity contribution in [2.75, 3.05) is 0 Å². The molecule has 2 aromatic heterocycles. The third kappa shape index (κ3) is 2.13. The van der Waals surface area contributed by atoms with Crippen molar-refractivity contribution in [2.45, 2.75) is 32.7 Å². The Balaban J connectivity index is 2.60. The van der Waals surface area contributed by atoms with Crippen LogP contribution in [0.2, 0.25) is 0 Å². The molecule has 0 aliphatic heterocycles. The molecule has 0 spiro atoms. The Labute approximate surface area is 101 Å². The van der Waals surface area contributed by atoms with E-state index in [-0.39, 0.29) is 5.41 Å². The summed E-state index contributed by atoms with van der Waals surface area (Å²) in [6.45, 7) is 6.86. The van der Waals surface area contributed by atoms with Crippen LogP contribution in [0.1, 0.15) is 32.2 Å². The highest BCUT2D eigenvalue weighted by Gasteiger charge is 2.24. The standard InChI is InChI=1S/C13H19N3O/c1-13(2,3)12-10(8-16(4)15-12)9-5-6-17-11(9)7-14/h5-6,8H,7,14H2,1-4H3. The van der Waals surface area contributed by atoms with Crippen LogP contribution in [-0.2, 0) is 19.0 Å². The summed E-state index contributed by atoms with van der Waals surface area (Å²) >= 11 is 0. The molecule has 0 saturated carbocycles. The molecule has 0 fully saturated rings. The highest BCUT2D eigenvalue weighted by atomic mass is 16.3. The fourth-order valence-electron chi connectivity index (χ4n) is 1.98. The highest BCUT2D eigenvalue weighted by Crippen LogP contribution is 2.33. The number of hydrogen-bond donors (Lipinski definition) is 1. The molecule has 17 heavy (non-hydrogen) atoms. The van der Waals surface area contributed by atoms with Crippen molar-refractivity contribution in [3.05, 3.63) is 30.0 Å². The molecule has 0 atom stereocenters. The molecule has 2 heterocycles.